The lowest BCUT2D eigenvalue weighted by molar-refractivity contribution is 0.102. The zero-order valence-electron chi connectivity index (χ0n) is 14.4. The number of para-hydroxylation sites is 3. The minimum Gasteiger partial charge on any atom is -0.506 e. The van der Waals surface area contributed by atoms with Gasteiger partial charge in [-0.15, -0.1) is 0 Å². The quantitative estimate of drug-likeness (QED) is 0.761. The van der Waals surface area contributed by atoms with Crippen LogP contribution in [0.25, 0.3) is 10.9 Å². The lowest BCUT2D eigenvalue weighted by atomic mass is 10.1. The Labute approximate surface area is 149 Å². The summed E-state index contributed by atoms with van der Waals surface area (Å²) in [7, 11) is 1.50. The molecular weight excluding hydrogens is 332 g/mol. The average Bonchev–Trinajstić information content (AvgIpc) is 2.97. The highest BCUT2D eigenvalue weighted by Crippen LogP contribution is 2.36. The van der Waals surface area contributed by atoms with Crippen molar-refractivity contribution in [1.82, 2.24) is 4.57 Å². The Bertz CT molecular complexity index is 1100. The SMILES string of the molecule is COc1ccccc1NC(=O)c1c(O)c2cccc3c2n(c1=O)[C@H](C)C3. The van der Waals surface area contributed by atoms with E-state index in [-0.39, 0.29) is 17.4 Å². The number of methoxy groups -OCH3 is 1. The van der Waals surface area contributed by atoms with Crippen LogP contribution in [0.1, 0.15) is 28.9 Å². The van der Waals surface area contributed by atoms with Crippen LogP contribution in [0.5, 0.6) is 11.5 Å². The summed E-state index contributed by atoms with van der Waals surface area (Å²) in [5.74, 6) is -0.474. The van der Waals surface area contributed by atoms with Gasteiger partial charge in [-0.1, -0.05) is 24.3 Å². The Morgan fingerprint density at radius 1 is 1.23 bits per heavy atom. The smallest absolute Gasteiger partial charge is 0.268 e. The lowest BCUT2D eigenvalue weighted by Crippen LogP contribution is -2.30. The molecule has 0 fully saturated rings. The fourth-order valence-electron chi connectivity index (χ4n) is 3.66. The molecule has 0 radical (unpaired) electrons. The summed E-state index contributed by atoms with van der Waals surface area (Å²) in [5.41, 5.74) is 1.40. The zero-order chi connectivity index (χ0) is 18.4. The summed E-state index contributed by atoms with van der Waals surface area (Å²) >= 11 is 0. The third-order valence-corrected chi connectivity index (χ3v) is 4.82. The molecule has 0 unspecified atom stereocenters. The van der Waals surface area contributed by atoms with Crippen LogP contribution in [0.2, 0.25) is 0 Å². The molecule has 2 N–H and O–H groups in total. The van der Waals surface area contributed by atoms with Gasteiger partial charge in [0.2, 0.25) is 0 Å². The number of hydrogen-bond donors (Lipinski definition) is 2. The number of rotatable bonds is 3. The van der Waals surface area contributed by atoms with Crippen LogP contribution in [0.15, 0.2) is 47.3 Å². The van der Waals surface area contributed by atoms with Crippen molar-refractivity contribution in [3.63, 3.8) is 0 Å². The molecule has 0 saturated heterocycles. The van der Waals surface area contributed by atoms with E-state index in [0.717, 1.165) is 5.56 Å². The van der Waals surface area contributed by atoms with E-state index in [4.69, 9.17) is 4.74 Å². The molecule has 0 aliphatic carbocycles. The second-order valence-corrected chi connectivity index (χ2v) is 6.42. The number of ether oxygens (including phenoxy) is 1. The Balaban J connectivity index is 1.88. The highest BCUT2D eigenvalue weighted by Gasteiger charge is 2.29. The topological polar surface area (TPSA) is 80.6 Å². The second-order valence-electron chi connectivity index (χ2n) is 6.42. The lowest BCUT2D eigenvalue weighted by Gasteiger charge is -2.15. The van der Waals surface area contributed by atoms with Gasteiger partial charge in [-0.25, -0.2) is 0 Å². The van der Waals surface area contributed by atoms with Crippen LogP contribution in [0.4, 0.5) is 5.69 Å². The van der Waals surface area contributed by atoms with Crippen LogP contribution in [0.3, 0.4) is 0 Å². The molecule has 0 bridgehead atoms. The van der Waals surface area contributed by atoms with Gasteiger partial charge in [-0.3, -0.25) is 9.59 Å². The Kier molecular flexibility index (Phi) is 3.68. The van der Waals surface area contributed by atoms with Crippen molar-refractivity contribution in [2.45, 2.75) is 19.4 Å². The standard InChI is InChI=1S/C20H18N2O4/c1-11-10-12-6-5-7-13-17(12)22(11)20(25)16(18(13)23)19(24)21-14-8-3-4-9-15(14)26-2/h3-9,11,23H,10H2,1-2H3,(H,21,24)/t11-/m1/s1. The molecule has 3 aromatic rings. The third-order valence-electron chi connectivity index (χ3n) is 4.82. The molecule has 6 heteroatoms. The first kappa shape index (κ1) is 16.2. The molecule has 1 aliphatic rings. The van der Waals surface area contributed by atoms with Crippen molar-refractivity contribution in [2.75, 3.05) is 12.4 Å². The van der Waals surface area contributed by atoms with Gasteiger partial charge in [0.25, 0.3) is 11.5 Å². The average molecular weight is 350 g/mol. The van der Waals surface area contributed by atoms with Crippen molar-refractivity contribution in [3.8, 4) is 11.5 Å². The fourth-order valence-corrected chi connectivity index (χ4v) is 3.66. The molecule has 6 nitrogen and oxygen atoms in total. The summed E-state index contributed by atoms with van der Waals surface area (Å²) in [6.45, 7) is 1.93. The van der Waals surface area contributed by atoms with Crippen molar-refractivity contribution in [1.29, 1.82) is 0 Å². The maximum absolute atomic E-state index is 13.0. The zero-order valence-corrected chi connectivity index (χ0v) is 14.4. The minimum atomic E-state index is -0.660. The molecule has 1 atom stereocenters. The van der Waals surface area contributed by atoms with Crippen LogP contribution in [-0.2, 0) is 6.42 Å². The monoisotopic (exact) mass is 350 g/mol. The largest absolute Gasteiger partial charge is 0.506 e. The van der Waals surface area contributed by atoms with E-state index in [1.54, 1.807) is 34.9 Å². The molecule has 1 aliphatic heterocycles. The number of aromatic nitrogens is 1. The number of carbonyl (C=O) groups is 1. The van der Waals surface area contributed by atoms with Gasteiger partial charge in [0.15, 0.2) is 0 Å². The number of carbonyl (C=O) groups excluding carboxylic acids is 1. The number of aromatic hydroxyl groups is 1. The molecule has 26 heavy (non-hydrogen) atoms. The first-order valence-corrected chi connectivity index (χ1v) is 8.36. The van der Waals surface area contributed by atoms with Gasteiger partial charge < -0.3 is 19.7 Å². The summed E-state index contributed by atoms with van der Waals surface area (Å²) in [5, 5.41) is 13.8. The third kappa shape index (κ3) is 2.26. The molecule has 0 saturated carbocycles. The van der Waals surface area contributed by atoms with Gasteiger partial charge in [0.05, 0.1) is 18.3 Å². The molecule has 1 amide bonds. The van der Waals surface area contributed by atoms with Gasteiger partial charge >= 0.3 is 0 Å². The van der Waals surface area contributed by atoms with E-state index in [0.29, 0.717) is 28.8 Å². The molecule has 0 spiro atoms. The first-order valence-electron chi connectivity index (χ1n) is 8.36. The van der Waals surface area contributed by atoms with E-state index in [1.807, 2.05) is 19.1 Å². The van der Waals surface area contributed by atoms with Crippen LogP contribution >= 0.6 is 0 Å². The van der Waals surface area contributed by atoms with E-state index >= 15 is 0 Å². The predicted molar refractivity (Wildman–Crippen MR) is 99.2 cm³/mol. The number of benzene rings is 2. The molecule has 132 valence electrons. The van der Waals surface area contributed by atoms with Crippen molar-refractivity contribution in [3.05, 3.63) is 63.9 Å². The minimum absolute atomic E-state index is 0.0687. The second kappa shape index (κ2) is 5.91. The van der Waals surface area contributed by atoms with Crippen LogP contribution in [-0.4, -0.2) is 22.7 Å². The Hall–Kier alpha value is -3.28. The number of amides is 1. The maximum Gasteiger partial charge on any atom is 0.268 e. The molecule has 1 aromatic heterocycles. The Morgan fingerprint density at radius 2 is 2.00 bits per heavy atom. The van der Waals surface area contributed by atoms with Gasteiger partial charge in [0.1, 0.15) is 17.1 Å². The van der Waals surface area contributed by atoms with Crippen LogP contribution < -0.4 is 15.6 Å². The number of nitrogens with one attached hydrogen (secondary N) is 1. The molecule has 2 aromatic carbocycles. The first-order chi connectivity index (χ1) is 12.5. The molecule has 2 heterocycles. The molecule has 4 rings (SSSR count). The number of pyridine rings is 1. The summed E-state index contributed by atoms with van der Waals surface area (Å²) in [6.07, 6.45) is 0.698. The molecular formula is C20H18N2O4. The van der Waals surface area contributed by atoms with Crippen LogP contribution in [0, 0.1) is 0 Å². The van der Waals surface area contributed by atoms with Crippen molar-refractivity contribution < 1.29 is 14.6 Å². The van der Waals surface area contributed by atoms with E-state index in [9.17, 15) is 14.7 Å². The highest BCUT2D eigenvalue weighted by atomic mass is 16.5. The van der Waals surface area contributed by atoms with Crippen molar-refractivity contribution in [2.24, 2.45) is 0 Å². The maximum atomic E-state index is 13.0. The van der Waals surface area contributed by atoms with E-state index in [2.05, 4.69) is 5.32 Å². The highest BCUT2D eigenvalue weighted by molar-refractivity contribution is 6.10. The van der Waals surface area contributed by atoms with Gasteiger partial charge in [-0.05, 0) is 37.1 Å². The fraction of sp³-hybridized carbons (Fsp3) is 0.200. The summed E-state index contributed by atoms with van der Waals surface area (Å²) in [6, 6.07) is 12.3. The van der Waals surface area contributed by atoms with E-state index in [1.165, 1.54) is 7.11 Å². The number of hydrogen-bond acceptors (Lipinski definition) is 4. The number of anilines is 1. The Morgan fingerprint density at radius 3 is 2.77 bits per heavy atom. The normalized spacial score (nSPS) is 15.2. The summed E-state index contributed by atoms with van der Waals surface area (Å²) in [4.78, 5) is 25.8. The summed E-state index contributed by atoms with van der Waals surface area (Å²) < 4.78 is 6.82. The van der Waals surface area contributed by atoms with Gasteiger partial charge in [0, 0.05) is 11.4 Å². The predicted octanol–water partition coefficient (Wildman–Crippen LogP) is 3.09. The van der Waals surface area contributed by atoms with Gasteiger partial charge in [-0.2, -0.15) is 0 Å². The van der Waals surface area contributed by atoms with E-state index < -0.39 is 11.5 Å². The number of nitrogens with zero attached hydrogens (tertiary/aromatic N) is 1. The van der Waals surface area contributed by atoms with Crippen molar-refractivity contribution >= 4 is 22.5 Å².